The molecule has 166 valence electrons. The van der Waals surface area contributed by atoms with Crippen LogP contribution in [0.1, 0.15) is 68.5 Å². The molecule has 5 nitrogen and oxygen atoms in total. The molecule has 6 aliphatic rings. The lowest BCUT2D eigenvalue weighted by molar-refractivity contribution is -0.298. The molecule has 0 aromatic carbocycles. The monoisotopic (exact) mass is 419 g/mol. The molecule has 8 unspecified atom stereocenters. The van der Waals surface area contributed by atoms with Gasteiger partial charge in [-0.25, -0.2) is 0 Å². The molecule has 5 saturated carbocycles. The Morgan fingerprint density at radius 3 is 2.63 bits per heavy atom. The van der Waals surface area contributed by atoms with Crippen molar-refractivity contribution in [2.45, 2.75) is 83.9 Å². The molecule has 6 rings (SSSR count). The van der Waals surface area contributed by atoms with E-state index in [1.807, 2.05) is 0 Å². The van der Waals surface area contributed by atoms with Crippen LogP contribution in [0, 0.1) is 57.6 Å². The van der Waals surface area contributed by atoms with Crippen molar-refractivity contribution in [2.24, 2.45) is 46.3 Å². The predicted molar refractivity (Wildman–Crippen MR) is 115 cm³/mol. The Morgan fingerprint density at radius 1 is 1.33 bits per heavy atom. The highest BCUT2D eigenvalue weighted by Crippen LogP contribution is 2.74. The molecule has 4 bridgehead atoms. The number of methoxy groups -OCH3 is 1. The maximum absolute atomic E-state index is 14.5. The van der Waals surface area contributed by atoms with Gasteiger partial charge in [0.1, 0.15) is 6.02 Å². The maximum Gasteiger partial charge on any atom is 0.241 e. The number of likely N-dealkylation sites (N-methyl/N-ethyl adjacent to an activating group) is 1. The highest BCUT2D eigenvalue weighted by molar-refractivity contribution is 5.85. The molecule has 0 spiro atoms. The van der Waals surface area contributed by atoms with E-state index in [0.29, 0.717) is 23.2 Å². The van der Waals surface area contributed by atoms with Crippen LogP contribution in [0.4, 0.5) is 0 Å². The number of rotatable bonds is 4. The number of likely N-dealkylation sites (tertiary alicyclic amines) is 1. The van der Waals surface area contributed by atoms with Crippen LogP contribution in [-0.2, 0) is 9.53 Å². The topological polar surface area (TPSA) is 65.4 Å². The van der Waals surface area contributed by atoms with Crippen LogP contribution in [0.15, 0.2) is 0 Å². The van der Waals surface area contributed by atoms with Gasteiger partial charge in [0.05, 0.1) is 20.5 Å². The zero-order chi connectivity index (χ0) is 27.3. The van der Waals surface area contributed by atoms with Gasteiger partial charge in [-0.1, -0.05) is 34.6 Å². The van der Waals surface area contributed by atoms with E-state index in [2.05, 4.69) is 33.0 Å². The van der Waals surface area contributed by atoms with Gasteiger partial charge in [0, 0.05) is 18.6 Å². The molecule has 1 amide bonds. The first-order valence-electron chi connectivity index (χ1n) is 14.3. The number of ether oxygens (including phenoxy) is 1. The molecule has 1 aliphatic heterocycles. The first-order valence-corrected chi connectivity index (χ1v) is 11.3. The Morgan fingerprint density at radius 2 is 2.03 bits per heavy atom. The first-order chi connectivity index (χ1) is 16.3. The van der Waals surface area contributed by atoms with Gasteiger partial charge in [-0.05, 0) is 79.0 Å². The van der Waals surface area contributed by atoms with Gasteiger partial charge < -0.3 is 15.0 Å². The maximum atomic E-state index is 14.5. The Labute approximate surface area is 190 Å². The summed E-state index contributed by atoms with van der Waals surface area (Å²) in [5, 5.41) is 13.1. The van der Waals surface area contributed by atoms with Crippen molar-refractivity contribution in [1.29, 1.82) is 5.26 Å². The highest BCUT2D eigenvalue weighted by atomic mass is 16.5. The minimum absolute atomic E-state index is 0.118. The van der Waals surface area contributed by atoms with Crippen molar-refractivity contribution in [1.82, 2.24) is 10.2 Å². The van der Waals surface area contributed by atoms with Crippen molar-refractivity contribution in [3.05, 3.63) is 0 Å². The van der Waals surface area contributed by atoms with Gasteiger partial charge in [-0.15, -0.1) is 0 Å². The number of piperidine rings is 1. The fourth-order valence-electron chi connectivity index (χ4n) is 8.46. The Bertz CT molecular complexity index is 1080. The van der Waals surface area contributed by atoms with Crippen molar-refractivity contribution < 1.29 is 17.8 Å². The second kappa shape index (κ2) is 6.23. The Kier molecular flexibility index (Phi) is 3.08. The second-order valence-electron chi connectivity index (χ2n) is 10.9. The summed E-state index contributed by atoms with van der Waals surface area (Å²) in [5.41, 5.74) is -1.16. The zero-order valence-electron chi connectivity index (χ0n) is 25.2. The van der Waals surface area contributed by atoms with Gasteiger partial charge in [-0.2, -0.15) is 5.26 Å². The number of nitriles is 1. The number of hydrogen-bond acceptors (Lipinski definition) is 4. The average molecular weight is 420 g/mol. The largest absolute Gasteiger partial charge is 0.378 e. The minimum atomic E-state index is -2.89. The summed E-state index contributed by atoms with van der Waals surface area (Å²) in [7, 11) is 3.39. The number of amides is 1. The van der Waals surface area contributed by atoms with E-state index in [1.54, 1.807) is 20.2 Å². The molecule has 5 heteroatoms. The average Bonchev–Trinajstić information content (AvgIpc) is 3.12. The number of fused-ring (bicyclic) bond motifs is 1. The van der Waals surface area contributed by atoms with Gasteiger partial charge in [0.15, 0.2) is 0 Å². The van der Waals surface area contributed by atoms with Crippen molar-refractivity contribution in [2.75, 3.05) is 14.2 Å². The molecule has 0 aromatic rings. The van der Waals surface area contributed by atoms with Crippen molar-refractivity contribution in [3.63, 3.8) is 0 Å². The Hall–Kier alpha value is -1.12. The molecule has 1 N–H and O–H groups in total. The quantitative estimate of drug-likeness (QED) is 0.758. The molecule has 5 aliphatic carbocycles. The fraction of sp³-hybridized carbons (Fsp3) is 0.920. The highest BCUT2D eigenvalue weighted by Gasteiger charge is 2.73. The summed E-state index contributed by atoms with van der Waals surface area (Å²) in [5.74, 6) is -3.92. The van der Waals surface area contributed by atoms with E-state index in [-0.39, 0.29) is 17.3 Å². The van der Waals surface area contributed by atoms with E-state index in [9.17, 15) is 10.1 Å². The standard InChI is InChI=1S/C25H39N3O2/c1-13-18-8-17(10-26)28(20(13)18)22(29)21(27-6)24-9-19-14(2)23(5,11-24)16(4)25(12-24,30-7)15(19)3/h13-21,27H,8-9,11-12H2,1-7H3/t13?,14?,15?,16?,17-,18+,19?,20-,21+,23?,24?,25?/m0/s1/i8D2,13D,17D,18D,20D. The van der Waals surface area contributed by atoms with Crippen LogP contribution in [0.25, 0.3) is 0 Å². The number of carbonyl (C=O) groups is 1. The molecular weight excluding hydrogens is 374 g/mol. The van der Waals surface area contributed by atoms with Crippen molar-refractivity contribution in [3.8, 4) is 6.07 Å². The third-order valence-corrected chi connectivity index (χ3v) is 10.3. The lowest BCUT2D eigenvalue weighted by Gasteiger charge is -2.74. The molecular formula is C25H39N3O2. The van der Waals surface area contributed by atoms with E-state index in [1.165, 1.54) is 6.92 Å². The molecule has 30 heavy (non-hydrogen) atoms. The van der Waals surface area contributed by atoms with E-state index in [0.717, 1.165) is 12.8 Å². The van der Waals surface area contributed by atoms with E-state index in [4.69, 9.17) is 13.0 Å². The summed E-state index contributed by atoms with van der Waals surface area (Å²) < 4.78 is 58.7. The predicted octanol–water partition coefficient (Wildman–Crippen LogP) is 3.45. The summed E-state index contributed by atoms with van der Waals surface area (Å²) in [6.07, 6.45) is -0.823. The van der Waals surface area contributed by atoms with Crippen LogP contribution in [-0.4, -0.2) is 48.6 Å². The van der Waals surface area contributed by atoms with E-state index >= 15 is 0 Å². The molecule has 1 saturated heterocycles. The summed E-state index contributed by atoms with van der Waals surface area (Å²) in [6.45, 7) is 10.3. The molecule has 1 heterocycles. The normalized spacial score (nSPS) is 70.9. The third kappa shape index (κ3) is 2.18. The van der Waals surface area contributed by atoms with Crippen LogP contribution in [0.3, 0.4) is 0 Å². The lowest BCUT2D eigenvalue weighted by atomic mass is 9.33. The van der Waals surface area contributed by atoms with Gasteiger partial charge in [-0.3, -0.25) is 4.79 Å². The second-order valence-corrected chi connectivity index (χ2v) is 10.9. The van der Waals surface area contributed by atoms with Gasteiger partial charge in [0.25, 0.3) is 0 Å². The molecule has 0 aromatic heterocycles. The van der Waals surface area contributed by atoms with E-state index < -0.39 is 53.2 Å². The summed E-state index contributed by atoms with van der Waals surface area (Å²) in [6, 6.07) is -4.42. The SMILES string of the molecule is [2H]C1([2H])[C@]2([2H])C([2H])(C)[C@]2([2H])N(C(=O)[C@@H](NC)C23CC4C(C)C(C)(C2)C(C)C(OC)(C3)C4C)[C@]1([2H])C#N. The molecule has 6 fully saturated rings. The summed E-state index contributed by atoms with van der Waals surface area (Å²) in [4.78, 5) is 15.1. The lowest BCUT2D eigenvalue weighted by Crippen LogP contribution is -2.75. The van der Waals surface area contributed by atoms with Gasteiger partial charge >= 0.3 is 0 Å². The summed E-state index contributed by atoms with van der Waals surface area (Å²) >= 11 is 0. The van der Waals surface area contributed by atoms with Crippen LogP contribution >= 0.6 is 0 Å². The smallest absolute Gasteiger partial charge is 0.241 e. The van der Waals surface area contributed by atoms with Gasteiger partial charge in [0.2, 0.25) is 5.91 Å². The zero-order valence-corrected chi connectivity index (χ0v) is 19.2. The third-order valence-electron chi connectivity index (χ3n) is 10.3. The van der Waals surface area contributed by atoms with Crippen LogP contribution < -0.4 is 5.32 Å². The molecule has 12 atom stereocenters. The number of hydrogen-bond donors (Lipinski definition) is 1. The number of nitrogens with one attached hydrogen (secondary N) is 1. The van der Waals surface area contributed by atoms with Crippen molar-refractivity contribution >= 4 is 5.91 Å². The fourth-order valence-corrected chi connectivity index (χ4v) is 8.46. The Balaban J connectivity index is 1.65. The van der Waals surface area contributed by atoms with Crippen LogP contribution in [0.2, 0.25) is 0 Å². The number of nitrogens with zero attached hydrogens (tertiary/aromatic N) is 2. The minimum Gasteiger partial charge on any atom is -0.378 e. The van der Waals surface area contributed by atoms with Crippen LogP contribution in [0.5, 0.6) is 0 Å². The molecule has 0 radical (unpaired) electrons. The first kappa shape index (κ1) is 14.9. The number of carbonyl (C=O) groups excluding carboxylic acids is 1.